The molecule has 0 aromatic heterocycles. The van der Waals surface area contributed by atoms with E-state index in [2.05, 4.69) is 10.5 Å². The monoisotopic (exact) mass is 356 g/mol. The third-order valence-electron chi connectivity index (χ3n) is 4.37. The number of hydrogen-bond donors (Lipinski definition) is 3. The van der Waals surface area contributed by atoms with Gasteiger partial charge in [0.1, 0.15) is 11.5 Å². The summed E-state index contributed by atoms with van der Waals surface area (Å²) in [5.41, 5.74) is 3.00. The molecule has 4 aromatic carbocycles. The van der Waals surface area contributed by atoms with Crippen LogP contribution in [0.4, 0.5) is 0 Å². The lowest BCUT2D eigenvalue weighted by Crippen LogP contribution is -2.17. The summed E-state index contributed by atoms with van der Waals surface area (Å²) < 4.78 is 0. The summed E-state index contributed by atoms with van der Waals surface area (Å²) in [6.07, 6.45) is 1.37. The van der Waals surface area contributed by atoms with Gasteiger partial charge in [-0.05, 0) is 45.8 Å². The quantitative estimate of drug-likeness (QED) is 0.381. The van der Waals surface area contributed by atoms with Gasteiger partial charge in [-0.25, -0.2) is 5.43 Å². The molecule has 0 aliphatic rings. The van der Waals surface area contributed by atoms with E-state index in [-0.39, 0.29) is 17.1 Å². The predicted octanol–water partition coefficient (Wildman–Crippen LogP) is 4.17. The summed E-state index contributed by atoms with van der Waals surface area (Å²) in [6.45, 7) is 0. The Balaban J connectivity index is 1.57. The molecule has 0 heterocycles. The van der Waals surface area contributed by atoms with Crippen LogP contribution in [0.3, 0.4) is 0 Å². The van der Waals surface area contributed by atoms with Crippen LogP contribution in [0.15, 0.2) is 77.9 Å². The van der Waals surface area contributed by atoms with E-state index >= 15 is 0 Å². The maximum atomic E-state index is 12.3. The fourth-order valence-electron chi connectivity index (χ4n) is 2.98. The molecule has 5 heteroatoms. The standard InChI is InChI=1S/C22H16N2O3/c25-20-11-16-7-3-1-5-14(16)9-18(20)13-23-24-22(27)19-10-15-6-2-4-8-17(15)12-21(19)26/h1-13,25-26H,(H,24,27)/b23-13+. The molecule has 4 rings (SSSR count). The first-order valence-electron chi connectivity index (χ1n) is 8.39. The van der Waals surface area contributed by atoms with Crippen molar-refractivity contribution < 1.29 is 15.0 Å². The Morgan fingerprint density at radius 3 is 1.93 bits per heavy atom. The molecule has 0 fully saturated rings. The van der Waals surface area contributed by atoms with E-state index in [1.165, 1.54) is 6.21 Å². The Hall–Kier alpha value is -3.86. The molecule has 1 amide bonds. The highest BCUT2D eigenvalue weighted by Crippen LogP contribution is 2.25. The molecule has 4 aromatic rings. The van der Waals surface area contributed by atoms with Gasteiger partial charge in [-0.3, -0.25) is 4.79 Å². The molecule has 0 radical (unpaired) electrons. The van der Waals surface area contributed by atoms with Gasteiger partial charge in [-0.2, -0.15) is 5.10 Å². The molecule has 0 atom stereocenters. The first-order chi connectivity index (χ1) is 13.1. The lowest BCUT2D eigenvalue weighted by Gasteiger charge is -2.06. The van der Waals surface area contributed by atoms with Crippen LogP contribution in [0, 0.1) is 0 Å². The van der Waals surface area contributed by atoms with Crippen LogP contribution in [0.25, 0.3) is 21.5 Å². The Morgan fingerprint density at radius 2 is 1.30 bits per heavy atom. The lowest BCUT2D eigenvalue weighted by atomic mass is 10.1. The molecule has 0 spiro atoms. The van der Waals surface area contributed by atoms with Crippen molar-refractivity contribution in [3.63, 3.8) is 0 Å². The van der Waals surface area contributed by atoms with Crippen LogP contribution in [-0.2, 0) is 0 Å². The van der Waals surface area contributed by atoms with Crippen LogP contribution >= 0.6 is 0 Å². The molecule has 0 saturated carbocycles. The highest BCUT2D eigenvalue weighted by molar-refractivity contribution is 6.02. The van der Waals surface area contributed by atoms with Crippen LogP contribution < -0.4 is 5.43 Å². The summed E-state index contributed by atoms with van der Waals surface area (Å²) in [5, 5.41) is 27.7. The van der Waals surface area contributed by atoms with Crippen molar-refractivity contribution in [2.75, 3.05) is 0 Å². The maximum Gasteiger partial charge on any atom is 0.275 e. The zero-order valence-electron chi connectivity index (χ0n) is 14.3. The summed E-state index contributed by atoms with van der Waals surface area (Å²) in [4.78, 5) is 12.3. The summed E-state index contributed by atoms with van der Waals surface area (Å²) in [7, 11) is 0. The molecule has 132 valence electrons. The maximum absolute atomic E-state index is 12.3. The first-order valence-corrected chi connectivity index (χ1v) is 8.39. The van der Waals surface area contributed by atoms with Crippen molar-refractivity contribution in [2.45, 2.75) is 0 Å². The normalized spacial score (nSPS) is 11.3. The third-order valence-corrected chi connectivity index (χ3v) is 4.37. The van der Waals surface area contributed by atoms with Gasteiger partial charge < -0.3 is 10.2 Å². The fraction of sp³-hybridized carbons (Fsp3) is 0. The van der Waals surface area contributed by atoms with E-state index in [1.54, 1.807) is 24.3 Å². The minimum Gasteiger partial charge on any atom is -0.507 e. The molecule has 0 aliphatic heterocycles. The van der Waals surface area contributed by atoms with Crippen molar-refractivity contribution in [1.29, 1.82) is 0 Å². The number of phenols is 2. The van der Waals surface area contributed by atoms with Crippen molar-refractivity contribution in [3.05, 3.63) is 83.9 Å². The van der Waals surface area contributed by atoms with E-state index in [1.807, 2.05) is 48.5 Å². The summed E-state index contributed by atoms with van der Waals surface area (Å²) in [6, 6.07) is 21.7. The van der Waals surface area contributed by atoms with E-state index in [9.17, 15) is 15.0 Å². The molecule has 27 heavy (non-hydrogen) atoms. The first kappa shape index (κ1) is 16.6. The molecule has 0 saturated heterocycles. The van der Waals surface area contributed by atoms with Crippen molar-refractivity contribution in [1.82, 2.24) is 5.43 Å². The van der Waals surface area contributed by atoms with Crippen molar-refractivity contribution in [2.24, 2.45) is 5.10 Å². The number of nitrogens with zero attached hydrogens (tertiary/aromatic N) is 1. The number of benzene rings is 4. The van der Waals surface area contributed by atoms with Gasteiger partial charge in [0.2, 0.25) is 0 Å². The van der Waals surface area contributed by atoms with Crippen LogP contribution in [0.1, 0.15) is 15.9 Å². The van der Waals surface area contributed by atoms with Gasteiger partial charge >= 0.3 is 0 Å². The number of hydrogen-bond acceptors (Lipinski definition) is 4. The zero-order valence-corrected chi connectivity index (χ0v) is 14.3. The molecule has 3 N–H and O–H groups in total. The topological polar surface area (TPSA) is 81.9 Å². The molecule has 5 nitrogen and oxygen atoms in total. The average molecular weight is 356 g/mol. The Bertz CT molecular complexity index is 1200. The molecule has 0 aliphatic carbocycles. The third kappa shape index (κ3) is 3.30. The second kappa shape index (κ2) is 6.80. The number of nitrogens with one attached hydrogen (secondary N) is 1. The number of fused-ring (bicyclic) bond motifs is 2. The molecule has 0 unspecified atom stereocenters. The molecular formula is C22H16N2O3. The van der Waals surface area contributed by atoms with E-state index in [0.29, 0.717) is 5.56 Å². The number of carbonyl (C=O) groups excluding carboxylic acids is 1. The number of phenolic OH excluding ortho intramolecular Hbond substituents is 2. The zero-order chi connectivity index (χ0) is 18.8. The van der Waals surface area contributed by atoms with Crippen LogP contribution in [-0.4, -0.2) is 22.3 Å². The predicted molar refractivity (Wildman–Crippen MR) is 106 cm³/mol. The van der Waals surface area contributed by atoms with Gasteiger partial charge in [0, 0.05) is 5.56 Å². The fourth-order valence-corrected chi connectivity index (χ4v) is 2.98. The van der Waals surface area contributed by atoms with Crippen molar-refractivity contribution >= 4 is 33.7 Å². The number of hydrazone groups is 1. The second-order valence-electron chi connectivity index (χ2n) is 6.17. The van der Waals surface area contributed by atoms with E-state index < -0.39 is 5.91 Å². The van der Waals surface area contributed by atoms with Gasteiger partial charge in [0.15, 0.2) is 0 Å². The van der Waals surface area contributed by atoms with Gasteiger partial charge in [0.25, 0.3) is 5.91 Å². The Labute approximate surface area is 155 Å². The minimum absolute atomic E-state index is 0.0697. The Morgan fingerprint density at radius 1 is 0.778 bits per heavy atom. The minimum atomic E-state index is -0.533. The highest BCUT2D eigenvalue weighted by atomic mass is 16.3. The summed E-state index contributed by atoms with van der Waals surface area (Å²) >= 11 is 0. The van der Waals surface area contributed by atoms with Crippen LogP contribution in [0.5, 0.6) is 11.5 Å². The van der Waals surface area contributed by atoms with Crippen LogP contribution in [0.2, 0.25) is 0 Å². The highest BCUT2D eigenvalue weighted by Gasteiger charge is 2.12. The number of rotatable bonds is 3. The second-order valence-corrected chi connectivity index (χ2v) is 6.17. The number of amides is 1. The van der Waals surface area contributed by atoms with Gasteiger partial charge in [0.05, 0.1) is 11.8 Å². The SMILES string of the molecule is O=C(N/N=C/c1cc2ccccc2cc1O)c1cc2ccccc2cc1O. The Kier molecular flexibility index (Phi) is 4.18. The van der Waals surface area contributed by atoms with E-state index in [0.717, 1.165) is 21.5 Å². The molecular weight excluding hydrogens is 340 g/mol. The lowest BCUT2D eigenvalue weighted by molar-refractivity contribution is 0.0952. The number of carbonyl (C=O) groups is 1. The largest absolute Gasteiger partial charge is 0.507 e. The summed E-state index contributed by atoms with van der Waals surface area (Å²) in [5.74, 6) is -0.579. The smallest absolute Gasteiger partial charge is 0.275 e. The molecule has 0 bridgehead atoms. The average Bonchev–Trinajstić information content (AvgIpc) is 2.67. The number of aromatic hydroxyl groups is 2. The van der Waals surface area contributed by atoms with Gasteiger partial charge in [-0.15, -0.1) is 0 Å². The van der Waals surface area contributed by atoms with Gasteiger partial charge in [-0.1, -0.05) is 48.5 Å². The van der Waals surface area contributed by atoms with Crippen molar-refractivity contribution in [3.8, 4) is 11.5 Å². The van der Waals surface area contributed by atoms with E-state index in [4.69, 9.17) is 0 Å².